The predicted octanol–water partition coefficient (Wildman–Crippen LogP) is 9.63. The van der Waals surface area contributed by atoms with Gasteiger partial charge in [0.2, 0.25) is 0 Å². The molecule has 222 valence electrons. The Kier molecular flexibility index (Phi) is 8.51. The van der Waals surface area contributed by atoms with E-state index in [-0.39, 0.29) is 12.6 Å². The van der Waals surface area contributed by atoms with Crippen LogP contribution in [0, 0.1) is 6.92 Å². The summed E-state index contributed by atoms with van der Waals surface area (Å²) in [5.41, 5.74) is 7.52. The van der Waals surface area contributed by atoms with Crippen LogP contribution in [0.4, 0.5) is 16.2 Å². The fourth-order valence-electron chi connectivity index (χ4n) is 5.42. The number of carbonyl (C=O) groups is 1. The number of carbonyl (C=O) groups excluding carboxylic acids is 1. The van der Waals surface area contributed by atoms with Crippen LogP contribution in [0.1, 0.15) is 16.9 Å². The van der Waals surface area contributed by atoms with Crippen molar-refractivity contribution in [2.75, 3.05) is 30.6 Å². The molecule has 0 aliphatic rings. The topological polar surface area (TPSA) is 61.6 Å². The van der Waals surface area contributed by atoms with Gasteiger partial charge in [0.15, 0.2) is 0 Å². The maximum absolute atomic E-state index is 14.3. The van der Waals surface area contributed by atoms with E-state index in [2.05, 4.69) is 52.5 Å². The molecule has 0 aliphatic carbocycles. The van der Waals surface area contributed by atoms with Crippen molar-refractivity contribution in [1.29, 1.82) is 0 Å². The summed E-state index contributed by atoms with van der Waals surface area (Å²) in [6.07, 6.45) is 3.77. The molecule has 0 fully saturated rings. The fourth-order valence-corrected chi connectivity index (χ4v) is 6.11. The van der Waals surface area contributed by atoms with Gasteiger partial charge in [-0.3, -0.25) is 4.98 Å². The van der Waals surface area contributed by atoms with Crippen molar-refractivity contribution in [3.05, 3.63) is 119 Å². The quantitative estimate of drug-likeness (QED) is 0.172. The summed E-state index contributed by atoms with van der Waals surface area (Å²) in [6.45, 7) is 2.70. The van der Waals surface area contributed by atoms with Crippen molar-refractivity contribution in [1.82, 2.24) is 9.88 Å². The Bertz CT molecular complexity index is 1950. The van der Waals surface area contributed by atoms with Crippen LogP contribution in [0.15, 0.2) is 107 Å². The zero-order valence-corrected chi connectivity index (χ0v) is 26.7. The first kappa shape index (κ1) is 29.6. The van der Waals surface area contributed by atoms with Crippen molar-refractivity contribution in [2.24, 2.45) is 0 Å². The van der Waals surface area contributed by atoms with Gasteiger partial charge < -0.3 is 19.5 Å². The van der Waals surface area contributed by atoms with Gasteiger partial charge >= 0.3 is 6.03 Å². The van der Waals surface area contributed by atoms with Crippen molar-refractivity contribution in [2.45, 2.75) is 24.9 Å². The Labute approximate surface area is 266 Å². The number of hydrogen-bond donors (Lipinski definition) is 1. The van der Waals surface area contributed by atoms with Crippen molar-refractivity contribution >= 4 is 62.6 Å². The van der Waals surface area contributed by atoms with E-state index in [0.717, 1.165) is 60.4 Å². The van der Waals surface area contributed by atoms with E-state index in [0.29, 0.717) is 17.3 Å². The third kappa shape index (κ3) is 6.11. The summed E-state index contributed by atoms with van der Waals surface area (Å²) < 4.78 is 6.50. The summed E-state index contributed by atoms with van der Waals surface area (Å²) in [5, 5.41) is 5.80. The molecule has 0 radical (unpaired) electrons. The van der Waals surface area contributed by atoms with Crippen LogP contribution in [0.5, 0.6) is 0 Å². The van der Waals surface area contributed by atoms with Gasteiger partial charge in [-0.1, -0.05) is 47.5 Å². The Morgan fingerprint density at radius 1 is 0.932 bits per heavy atom. The molecule has 0 saturated heterocycles. The molecule has 1 N–H and O–H groups in total. The van der Waals surface area contributed by atoms with Crippen LogP contribution >= 0.6 is 23.4 Å². The van der Waals surface area contributed by atoms with Gasteiger partial charge in [-0.2, -0.15) is 0 Å². The van der Waals surface area contributed by atoms with Crippen LogP contribution in [0.3, 0.4) is 0 Å². The smallest absolute Gasteiger partial charge is 0.322 e. The molecule has 44 heavy (non-hydrogen) atoms. The normalized spacial score (nSPS) is 11.2. The fraction of sp³-hybridized carbons (Fsp3) is 0.167. The molecule has 0 saturated carbocycles. The lowest BCUT2D eigenvalue weighted by molar-refractivity contribution is 0.202. The first-order valence-corrected chi connectivity index (χ1v) is 15.9. The molecule has 2 heterocycles. The standard InChI is InChI=1S/C36H33ClN4O2S/c1-23-7-17-31-29(20-23)34(25-10-12-26(37)13-11-25)32(43-31)22-41(21-24-8-14-27(15-9-24)40(2)3)36(42)39-35-28-6-5-19-38-30(28)16-18-33(35)44-4/h5-20H,21-22H2,1-4H3,(H,39,42). The largest absolute Gasteiger partial charge is 0.459 e. The number of urea groups is 1. The van der Waals surface area contributed by atoms with Crippen molar-refractivity contribution in [3.63, 3.8) is 0 Å². The highest BCUT2D eigenvalue weighted by Crippen LogP contribution is 2.38. The van der Waals surface area contributed by atoms with E-state index in [1.807, 2.05) is 81.0 Å². The van der Waals surface area contributed by atoms with Gasteiger partial charge in [-0.05, 0) is 85.0 Å². The molecule has 0 aliphatic heterocycles. The highest BCUT2D eigenvalue weighted by molar-refractivity contribution is 7.98. The lowest BCUT2D eigenvalue weighted by atomic mass is 10.0. The van der Waals surface area contributed by atoms with E-state index in [4.69, 9.17) is 16.0 Å². The molecule has 2 amide bonds. The first-order chi connectivity index (χ1) is 21.3. The second kappa shape index (κ2) is 12.6. The SMILES string of the molecule is CSc1ccc2ncccc2c1NC(=O)N(Cc1ccc(N(C)C)cc1)Cc1oc2ccc(C)cc2c1-c1ccc(Cl)cc1. The van der Waals surface area contributed by atoms with Crippen LogP contribution in [0.25, 0.3) is 33.0 Å². The third-order valence-corrected chi connectivity index (χ3v) is 8.73. The predicted molar refractivity (Wildman–Crippen MR) is 184 cm³/mol. The summed E-state index contributed by atoms with van der Waals surface area (Å²) in [4.78, 5) is 23.6. The number of amides is 2. The summed E-state index contributed by atoms with van der Waals surface area (Å²) >= 11 is 7.84. The zero-order chi connectivity index (χ0) is 30.8. The first-order valence-electron chi connectivity index (χ1n) is 14.3. The summed E-state index contributed by atoms with van der Waals surface area (Å²) in [7, 11) is 4.03. The Morgan fingerprint density at radius 2 is 1.70 bits per heavy atom. The number of aryl methyl sites for hydroxylation is 1. The minimum Gasteiger partial charge on any atom is -0.459 e. The molecule has 2 aromatic heterocycles. The minimum atomic E-state index is -0.230. The van der Waals surface area contributed by atoms with Crippen LogP contribution in [-0.4, -0.2) is 36.3 Å². The molecule has 0 unspecified atom stereocenters. The summed E-state index contributed by atoms with van der Waals surface area (Å²) in [6, 6.07) is 29.8. The summed E-state index contributed by atoms with van der Waals surface area (Å²) in [5.74, 6) is 0.706. The second-order valence-corrected chi connectivity index (χ2v) is 12.3. The molecule has 8 heteroatoms. The van der Waals surface area contributed by atoms with Crippen molar-refractivity contribution < 1.29 is 9.21 Å². The Hall–Kier alpha value is -4.46. The third-order valence-electron chi connectivity index (χ3n) is 7.70. The number of fused-ring (bicyclic) bond motifs is 2. The highest BCUT2D eigenvalue weighted by Gasteiger charge is 2.24. The number of nitrogens with zero attached hydrogens (tertiary/aromatic N) is 3. The van der Waals surface area contributed by atoms with Gasteiger partial charge in [-0.25, -0.2) is 4.79 Å². The molecular formula is C36H33ClN4O2S. The monoisotopic (exact) mass is 620 g/mol. The lowest BCUT2D eigenvalue weighted by Gasteiger charge is -2.24. The Balaban J connectivity index is 1.43. The number of aromatic nitrogens is 1. The number of thioether (sulfide) groups is 1. The van der Waals surface area contributed by atoms with E-state index >= 15 is 0 Å². The van der Waals surface area contributed by atoms with Gasteiger partial charge in [-0.15, -0.1) is 11.8 Å². The minimum absolute atomic E-state index is 0.230. The maximum Gasteiger partial charge on any atom is 0.322 e. The van der Waals surface area contributed by atoms with Crippen LogP contribution in [0.2, 0.25) is 5.02 Å². The number of halogens is 1. The number of benzene rings is 4. The highest BCUT2D eigenvalue weighted by atomic mass is 35.5. The van der Waals surface area contributed by atoms with Gasteiger partial charge in [0, 0.05) is 58.8 Å². The number of pyridine rings is 1. The maximum atomic E-state index is 14.3. The lowest BCUT2D eigenvalue weighted by Crippen LogP contribution is -2.34. The van der Waals surface area contributed by atoms with E-state index in [1.165, 1.54) is 0 Å². The molecule has 6 nitrogen and oxygen atoms in total. The molecular weight excluding hydrogens is 588 g/mol. The molecule has 0 bridgehead atoms. The average Bonchev–Trinajstić information content (AvgIpc) is 3.38. The zero-order valence-electron chi connectivity index (χ0n) is 25.1. The molecule has 6 rings (SSSR count). The van der Waals surface area contributed by atoms with E-state index in [1.54, 1.807) is 22.9 Å². The number of nitrogens with one attached hydrogen (secondary N) is 1. The Morgan fingerprint density at radius 3 is 2.43 bits per heavy atom. The van der Waals surface area contributed by atoms with E-state index in [9.17, 15) is 4.79 Å². The second-order valence-electron chi connectivity index (χ2n) is 11.0. The van der Waals surface area contributed by atoms with Crippen LogP contribution < -0.4 is 10.2 Å². The van der Waals surface area contributed by atoms with E-state index < -0.39 is 0 Å². The van der Waals surface area contributed by atoms with Gasteiger partial charge in [0.1, 0.15) is 11.3 Å². The van der Waals surface area contributed by atoms with Gasteiger partial charge in [0.05, 0.1) is 17.7 Å². The van der Waals surface area contributed by atoms with Crippen LogP contribution in [-0.2, 0) is 13.1 Å². The number of anilines is 2. The van der Waals surface area contributed by atoms with Gasteiger partial charge in [0.25, 0.3) is 0 Å². The average molecular weight is 621 g/mol. The molecule has 0 atom stereocenters. The molecule has 0 spiro atoms. The molecule has 4 aromatic carbocycles. The molecule has 6 aromatic rings. The number of hydrogen-bond acceptors (Lipinski definition) is 5. The number of rotatable bonds is 8. The van der Waals surface area contributed by atoms with Crippen molar-refractivity contribution in [3.8, 4) is 11.1 Å². The number of furan rings is 1.